The van der Waals surface area contributed by atoms with Crippen LogP contribution in [-0.2, 0) is 0 Å². The fourth-order valence-electron chi connectivity index (χ4n) is 2.22. The summed E-state index contributed by atoms with van der Waals surface area (Å²) in [6.07, 6.45) is 0. The predicted molar refractivity (Wildman–Crippen MR) is 96.0 cm³/mol. The Kier molecular flexibility index (Phi) is 5.43. The van der Waals surface area contributed by atoms with Crippen LogP contribution in [-0.4, -0.2) is 36.6 Å². The summed E-state index contributed by atoms with van der Waals surface area (Å²) in [5.74, 6) is 2.03. The lowest BCUT2D eigenvalue weighted by Gasteiger charge is -2.07. The van der Waals surface area contributed by atoms with E-state index in [-0.39, 0.29) is 16.2 Å². The number of benzene rings is 2. The van der Waals surface area contributed by atoms with Crippen LogP contribution in [0.4, 0.5) is 0 Å². The van der Waals surface area contributed by atoms with E-state index in [1.54, 1.807) is 56.7 Å². The molecule has 0 aliphatic carbocycles. The zero-order chi connectivity index (χ0) is 18.5. The molecule has 3 aromatic rings. The van der Waals surface area contributed by atoms with E-state index in [9.17, 15) is 4.79 Å². The van der Waals surface area contributed by atoms with Crippen molar-refractivity contribution in [3.63, 3.8) is 0 Å². The van der Waals surface area contributed by atoms with Crippen molar-refractivity contribution < 1.29 is 23.4 Å². The van der Waals surface area contributed by atoms with Gasteiger partial charge in [-0.3, -0.25) is 4.79 Å². The largest absolute Gasteiger partial charge is 0.497 e. The van der Waals surface area contributed by atoms with E-state index >= 15 is 0 Å². The molecule has 0 saturated carbocycles. The number of carbonyl (C=O) groups excluding carboxylic acids is 1. The number of aromatic nitrogens is 2. The molecule has 0 aliphatic heterocycles. The molecule has 0 spiro atoms. The van der Waals surface area contributed by atoms with Gasteiger partial charge in [-0.1, -0.05) is 12.1 Å². The lowest BCUT2D eigenvalue weighted by molar-refractivity contribution is 0.108. The molecule has 0 amide bonds. The summed E-state index contributed by atoms with van der Waals surface area (Å²) in [4.78, 5) is 12.4. The number of thioether (sulfide) groups is 1. The second kappa shape index (κ2) is 7.92. The second-order valence-electron chi connectivity index (χ2n) is 5.06. The Labute approximate surface area is 154 Å². The molecule has 1 heterocycles. The molecule has 1 aromatic heterocycles. The molecular formula is C18H16N2O5S. The van der Waals surface area contributed by atoms with Crippen LogP contribution in [0.25, 0.3) is 11.5 Å². The van der Waals surface area contributed by atoms with Crippen molar-refractivity contribution in [1.29, 1.82) is 0 Å². The van der Waals surface area contributed by atoms with Gasteiger partial charge >= 0.3 is 0 Å². The average Bonchev–Trinajstić information content (AvgIpc) is 3.15. The lowest BCUT2D eigenvalue weighted by atomic mass is 10.2. The minimum atomic E-state index is -0.221. The fourth-order valence-corrected chi connectivity index (χ4v) is 2.83. The molecule has 8 heteroatoms. The Morgan fingerprint density at radius 2 is 1.73 bits per heavy atom. The first-order valence-corrected chi connectivity index (χ1v) is 8.38. The predicted octanol–water partition coefficient (Wildman–Crippen LogP) is 3.69. The van der Waals surface area contributed by atoms with Gasteiger partial charge in [-0.05, 0) is 24.3 Å². The van der Waals surface area contributed by atoms with E-state index in [1.807, 2.05) is 0 Å². The molecule has 0 aliphatic rings. The quantitative estimate of drug-likeness (QED) is 0.606. The molecule has 0 bridgehead atoms. The van der Waals surface area contributed by atoms with Crippen molar-refractivity contribution in [2.45, 2.75) is 5.22 Å². The highest BCUT2D eigenvalue weighted by Crippen LogP contribution is 2.34. The van der Waals surface area contributed by atoms with Crippen LogP contribution in [0.5, 0.6) is 17.2 Å². The van der Waals surface area contributed by atoms with E-state index in [4.69, 9.17) is 18.6 Å². The zero-order valence-corrected chi connectivity index (χ0v) is 15.2. The Morgan fingerprint density at radius 1 is 0.962 bits per heavy atom. The minimum Gasteiger partial charge on any atom is -0.497 e. The van der Waals surface area contributed by atoms with E-state index < -0.39 is 0 Å². The third-order valence-corrected chi connectivity index (χ3v) is 4.29. The average molecular weight is 372 g/mol. The van der Waals surface area contributed by atoms with Crippen LogP contribution in [0.1, 0.15) is 10.4 Å². The summed E-state index contributed by atoms with van der Waals surface area (Å²) in [6.45, 7) is 0. The van der Waals surface area contributed by atoms with Crippen LogP contribution in [0, 0.1) is 0 Å². The van der Waals surface area contributed by atoms with Crippen LogP contribution in [0.15, 0.2) is 52.1 Å². The summed E-state index contributed by atoms with van der Waals surface area (Å²) < 4.78 is 21.2. The van der Waals surface area contributed by atoms with Gasteiger partial charge in [0.15, 0.2) is 0 Å². The Bertz CT molecular complexity index is 925. The van der Waals surface area contributed by atoms with Gasteiger partial charge in [0.1, 0.15) is 17.2 Å². The summed E-state index contributed by atoms with van der Waals surface area (Å²) >= 11 is 0.852. The first-order chi connectivity index (χ1) is 12.6. The minimum absolute atomic E-state index is 0.144. The SMILES string of the molecule is COc1cccc(C(=O)Sc2nnc(-c3ccc(OC)cc3OC)o2)c1. The number of hydrogen-bond donors (Lipinski definition) is 0. The van der Waals surface area contributed by atoms with Crippen molar-refractivity contribution in [2.75, 3.05) is 21.3 Å². The number of nitrogens with zero attached hydrogens (tertiary/aromatic N) is 2. The number of rotatable bonds is 6. The molecule has 26 heavy (non-hydrogen) atoms. The van der Waals surface area contributed by atoms with Crippen LogP contribution in [0.3, 0.4) is 0 Å². The lowest BCUT2D eigenvalue weighted by Crippen LogP contribution is -1.94. The second-order valence-corrected chi connectivity index (χ2v) is 5.98. The first-order valence-electron chi connectivity index (χ1n) is 7.56. The molecule has 0 atom stereocenters. The fraction of sp³-hybridized carbons (Fsp3) is 0.167. The number of hydrogen-bond acceptors (Lipinski definition) is 8. The van der Waals surface area contributed by atoms with Gasteiger partial charge in [-0.25, -0.2) is 0 Å². The molecule has 0 unspecified atom stereocenters. The van der Waals surface area contributed by atoms with Crippen LogP contribution in [0.2, 0.25) is 0 Å². The highest BCUT2D eigenvalue weighted by Gasteiger charge is 2.18. The standard InChI is InChI=1S/C18H16N2O5S/c1-22-12-6-4-5-11(9-12)17(21)26-18-20-19-16(25-18)14-8-7-13(23-2)10-15(14)24-3/h4-10H,1-3H3. The molecule has 134 valence electrons. The van der Waals surface area contributed by atoms with E-state index in [0.29, 0.717) is 28.4 Å². The van der Waals surface area contributed by atoms with Crippen molar-refractivity contribution in [3.05, 3.63) is 48.0 Å². The summed E-state index contributed by atoms with van der Waals surface area (Å²) in [7, 11) is 4.65. The molecule has 0 saturated heterocycles. The summed E-state index contributed by atoms with van der Waals surface area (Å²) in [5.41, 5.74) is 1.10. The molecule has 7 nitrogen and oxygen atoms in total. The van der Waals surface area contributed by atoms with E-state index in [0.717, 1.165) is 11.8 Å². The summed E-state index contributed by atoms with van der Waals surface area (Å²) in [5, 5.41) is 7.84. The highest BCUT2D eigenvalue weighted by molar-refractivity contribution is 8.14. The topological polar surface area (TPSA) is 83.7 Å². The number of methoxy groups -OCH3 is 3. The summed E-state index contributed by atoms with van der Waals surface area (Å²) in [6, 6.07) is 12.1. The number of ether oxygens (including phenoxy) is 3. The van der Waals surface area contributed by atoms with Crippen molar-refractivity contribution in [1.82, 2.24) is 10.2 Å². The Hall–Kier alpha value is -3.00. The van der Waals surface area contributed by atoms with Crippen molar-refractivity contribution in [3.8, 4) is 28.7 Å². The van der Waals surface area contributed by atoms with Crippen molar-refractivity contribution >= 4 is 16.9 Å². The number of carbonyl (C=O) groups is 1. The normalized spacial score (nSPS) is 10.4. The molecule has 0 radical (unpaired) electrons. The van der Waals surface area contributed by atoms with Gasteiger partial charge in [-0.15, -0.1) is 10.2 Å². The highest BCUT2D eigenvalue weighted by atomic mass is 32.2. The third-order valence-electron chi connectivity index (χ3n) is 3.53. The maximum absolute atomic E-state index is 12.4. The molecule has 0 fully saturated rings. The molecule has 0 N–H and O–H groups in total. The van der Waals surface area contributed by atoms with E-state index in [1.165, 1.54) is 7.11 Å². The van der Waals surface area contributed by atoms with E-state index in [2.05, 4.69) is 10.2 Å². The van der Waals surface area contributed by atoms with Gasteiger partial charge < -0.3 is 18.6 Å². The zero-order valence-electron chi connectivity index (χ0n) is 14.4. The van der Waals surface area contributed by atoms with Gasteiger partial charge in [0.05, 0.1) is 26.9 Å². The Balaban J connectivity index is 1.81. The van der Waals surface area contributed by atoms with Crippen molar-refractivity contribution in [2.24, 2.45) is 0 Å². The van der Waals surface area contributed by atoms with Gasteiger partial charge in [0.2, 0.25) is 5.12 Å². The maximum Gasteiger partial charge on any atom is 0.284 e. The third kappa shape index (κ3) is 3.80. The molecule has 3 rings (SSSR count). The molecular weight excluding hydrogens is 356 g/mol. The van der Waals surface area contributed by atoms with Crippen LogP contribution >= 0.6 is 11.8 Å². The van der Waals surface area contributed by atoms with Gasteiger partial charge in [-0.2, -0.15) is 0 Å². The smallest absolute Gasteiger partial charge is 0.284 e. The molecule has 2 aromatic carbocycles. The van der Waals surface area contributed by atoms with Crippen LogP contribution < -0.4 is 14.2 Å². The van der Waals surface area contributed by atoms with Gasteiger partial charge in [0, 0.05) is 23.4 Å². The first kappa shape index (κ1) is 17.8. The maximum atomic E-state index is 12.4. The van der Waals surface area contributed by atoms with Gasteiger partial charge in [0.25, 0.3) is 11.1 Å². The monoisotopic (exact) mass is 372 g/mol. The Morgan fingerprint density at radius 3 is 2.46 bits per heavy atom.